The Labute approximate surface area is 182 Å². The molecule has 0 spiro atoms. The normalized spacial score (nSPS) is 16.3. The molecule has 0 aliphatic carbocycles. The molecule has 0 bridgehead atoms. The minimum absolute atomic E-state index is 0.0214. The number of amides is 3. The van der Waals surface area contributed by atoms with Gasteiger partial charge in [0.15, 0.2) is 0 Å². The summed E-state index contributed by atoms with van der Waals surface area (Å²) in [5.41, 5.74) is 1.75. The number of rotatable bonds is 5. The van der Waals surface area contributed by atoms with Crippen LogP contribution in [0.5, 0.6) is 0 Å². The molecule has 0 atom stereocenters. The molecule has 8 heteroatoms. The van der Waals surface area contributed by atoms with E-state index in [4.69, 9.17) is 0 Å². The second-order valence-corrected chi connectivity index (χ2v) is 8.32. The van der Waals surface area contributed by atoms with Gasteiger partial charge in [-0.2, -0.15) is 0 Å². The van der Waals surface area contributed by atoms with Crippen molar-refractivity contribution in [1.82, 2.24) is 9.80 Å². The number of carbonyl (C=O) groups is 3. The number of fused-ring (bicyclic) bond motifs is 1. The third-order valence-electron chi connectivity index (χ3n) is 5.53. The van der Waals surface area contributed by atoms with Crippen molar-refractivity contribution in [2.45, 2.75) is 12.8 Å². The van der Waals surface area contributed by atoms with E-state index >= 15 is 0 Å². The molecule has 2 aromatic rings. The Balaban J connectivity index is 1.25. The van der Waals surface area contributed by atoms with E-state index in [-0.39, 0.29) is 36.5 Å². The van der Waals surface area contributed by atoms with E-state index in [0.717, 1.165) is 10.2 Å². The number of hydrogen-bond acceptors (Lipinski definition) is 4. The molecule has 0 unspecified atom stereocenters. The number of nitrogens with zero attached hydrogens (tertiary/aromatic N) is 3. The molecule has 2 heterocycles. The topological polar surface area (TPSA) is 60.9 Å². The largest absolute Gasteiger partial charge is 0.368 e. The average molecular weight is 474 g/mol. The first-order valence-electron chi connectivity index (χ1n) is 9.88. The van der Waals surface area contributed by atoms with E-state index in [1.165, 1.54) is 17.0 Å². The molecule has 3 amide bonds. The minimum Gasteiger partial charge on any atom is -0.368 e. The first kappa shape index (κ1) is 20.5. The Hall–Kier alpha value is -2.74. The van der Waals surface area contributed by atoms with E-state index in [2.05, 4.69) is 20.8 Å². The van der Waals surface area contributed by atoms with E-state index in [0.29, 0.717) is 43.7 Å². The van der Waals surface area contributed by atoms with Crippen molar-refractivity contribution in [2.24, 2.45) is 0 Å². The molecule has 2 aliphatic rings. The third-order valence-corrected chi connectivity index (χ3v) is 6.02. The molecular formula is C22H21BrFN3O3. The fourth-order valence-electron chi connectivity index (χ4n) is 3.88. The lowest BCUT2D eigenvalue weighted by molar-refractivity contribution is -0.131. The number of halogens is 2. The molecule has 4 rings (SSSR count). The molecular weight excluding hydrogens is 453 g/mol. The molecule has 2 aromatic carbocycles. The van der Waals surface area contributed by atoms with Gasteiger partial charge in [-0.05, 0) is 48.9 Å². The van der Waals surface area contributed by atoms with Crippen molar-refractivity contribution in [3.8, 4) is 0 Å². The Morgan fingerprint density at radius 1 is 0.933 bits per heavy atom. The molecule has 0 saturated carbocycles. The summed E-state index contributed by atoms with van der Waals surface area (Å²) < 4.78 is 13.8. The lowest BCUT2D eigenvalue weighted by Crippen LogP contribution is -2.48. The quantitative estimate of drug-likeness (QED) is 0.625. The average Bonchev–Trinajstić information content (AvgIpc) is 2.98. The van der Waals surface area contributed by atoms with Gasteiger partial charge in [0.1, 0.15) is 5.82 Å². The molecule has 2 aliphatic heterocycles. The summed E-state index contributed by atoms with van der Waals surface area (Å²) in [6, 6.07) is 11.4. The van der Waals surface area contributed by atoms with Gasteiger partial charge in [-0.15, -0.1) is 0 Å². The SMILES string of the molecule is O=C(CCCN1C(=O)c2ccc(Br)cc2C1=O)N1CCN(c2ccc(F)cc2)CC1. The van der Waals surface area contributed by atoms with Gasteiger partial charge in [-0.3, -0.25) is 19.3 Å². The summed E-state index contributed by atoms with van der Waals surface area (Å²) in [5.74, 6) is -0.856. The van der Waals surface area contributed by atoms with Gasteiger partial charge < -0.3 is 9.80 Å². The van der Waals surface area contributed by atoms with Crippen LogP contribution in [0.4, 0.5) is 10.1 Å². The molecule has 0 radical (unpaired) electrons. The fourth-order valence-corrected chi connectivity index (χ4v) is 4.24. The van der Waals surface area contributed by atoms with Crippen LogP contribution in [0.15, 0.2) is 46.9 Å². The minimum atomic E-state index is -0.309. The molecule has 1 fully saturated rings. The van der Waals surface area contributed by atoms with Crippen LogP contribution in [0.2, 0.25) is 0 Å². The van der Waals surface area contributed by atoms with E-state index in [9.17, 15) is 18.8 Å². The number of piperazine rings is 1. The van der Waals surface area contributed by atoms with Gasteiger partial charge in [0.2, 0.25) is 5.91 Å². The predicted octanol–water partition coefficient (Wildman–Crippen LogP) is 3.31. The van der Waals surface area contributed by atoms with Crippen molar-refractivity contribution in [1.29, 1.82) is 0 Å². The van der Waals surface area contributed by atoms with Crippen LogP contribution >= 0.6 is 15.9 Å². The monoisotopic (exact) mass is 473 g/mol. The van der Waals surface area contributed by atoms with E-state index in [1.807, 2.05) is 0 Å². The smallest absolute Gasteiger partial charge is 0.261 e. The van der Waals surface area contributed by atoms with E-state index < -0.39 is 0 Å². The molecule has 0 aromatic heterocycles. The highest BCUT2D eigenvalue weighted by Crippen LogP contribution is 2.26. The van der Waals surface area contributed by atoms with Crippen LogP contribution < -0.4 is 4.90 Å². The number of anilines is 1. The van der Waals surface area contributed by atoms with E-state index in [1.54, 1.807) is 35.2 Å². The Morgan fingerprint density at radius 2 is 1.60 bits per heavy atom. The second kappa shape index (κ2) is 8.55. The number of hydrogen-bond donors (Lipinski definition) is 0. The third kappa shape index (κ3) is 4.09. The van der Waals surface area contributed by atoms with Gasteiger partial charge in [-0.1, -0.05) is 15.9 Å². The predicted molar refractivity (Wildman–Crippen MR) is 114 cm³/mol. The maximum atomic E-state index is 13.1. The van der Waals surface area contributed by atoms with Crippen molar-refractivity contribution in [3.63, 3.8) is 0 Å². The van der Waals surface area contributed by atoms with Gasteiger partial charge in [0, 0.05) is 49.3 Å². The summed E-state index contributed by atoms with van der Waals surface area (Å²) in [5, 5.41) is 0. The summed E-state index contributed by atoms with van der Waals surface area (Å²) >= 11 is 3.32. The highest BCUT2D eigenvalue weighted by atomic mass is 79.9. The Bertz CT molecular complexity index is 988. The van der Waals surface area contributed by atoms with Gasteiger partial charge in [0.05, 0.1) is 11.1 Å². The Morgan fingerprint density at radius 3 is 2.30 bits per heavy atom. The van der Waals surface area contributed by atoms with Crippen LogP contribution in [-0.2, 0) is 4.79 Å². The van der Waals surface area contributed by atoms with Crippen molar-refractivity contribution < 1.29 is 18.8 Å². The summed E-state index contributed by atoms with van der Waals surface area (Å²) in [4.78, 5) is 42.6. The molecule has 6 nitrogen and oxygen atoms in total. The summed E-state index contributed by atoms with van der Waals surface area (Å²) in [7, 11) is 0. The standard InChI is InChI=1S/C22H21BrFN3O3/c23-15-3-8-18-19(14-15)22(30)27(21(18)29)9-1-2-20(28)26-12-10-25(11-13-26)17-6-4-16(24)5-7-17/h3-8,14H,1-2,9-13H2. The molecule has 1 saturated heterocycles. The first-order chi connectivity index (χ1) is 14.4. The first-order valence-corrected chi connectivity index (χ1v) is 10.7. The molecule has 156 valence electrons. The lowest BCUT2D eigenvalue weighted by atomic mass is 10.1. The van der Waals surface area contributed by atoms with Crippen molar-refractivity contribution >= 4 is 39.3 Å². The van der Waals surface area contributed by atoms with Crippen LogP contribution in [-0.4, -0.2) is 60.2 Å². The van der Waals surface area contributed by atoms with Crippen LogP contribution in [0, 0.1) is 5.82 Å². The zero-order valence-electron chi connectivity index (χ0n) is 16.3. The van der Waals surface area contributed by atoms with Crippen LogP contribution in [0.1, 0.15) is 33.6 Å². The van der Waals surface area contributed by atoms with Gasteiger partial charge in [-0.25, -0.2) is 4.39 Å². The molecule has 0 N–H and O–H groups in total. The highest BCUT2D eigenvalue weighted by molar-refractivity contribution is 9.10. The van der Waals surface area contributed by atoms with Gasteiger partial charge in [0.25, 0.3) is 11.8 Å². The number of benzene rings is 2. The van der Waals surface area contributed by atoms with Crippen LogP contribution in [0.3, 0.4) is 0 Å². The maximum Gasteiger partial charge on any atom is 0.261 e. The van der Waals surface area contributed by atoms with Gasteiger partial charge >= 0.3 is 0 Å². The molecule has 30 heavy (non-hydrogen) atoms. The summed E-state index contributed by atoms with van der Waals surface area (Å²) in [6.45, 7) is 2.79. The Kier molecular flexibility index (Phi) is 5.85. The number of carbonyl (C=O) groups excluding carboxylic acids is 3. The fraction of sp³-hybridized carbons (Fsp3) is 0.318. The lowest BCUT2D eigenvalue weighted by Gasteiger charge is -2.36. The summed E-state index contributed by atoms with van der Waals surface area (Å²) in [6.07, 6.45) is 0.720. The number of imide groups is 1. The zero-order valence-corrected chi connectivity index (χ0v) is 17.9. The zero-order chi connectivity index (χ0) is 21.3. The maximum absolute atomic E-state index is 13.1. The van der Waals surface area contributed by atoms with Crippen molar-refractivity contribution in [2.75, 3.05) is 37.6 Å². The van der Waals surface area contributed by atoms with Crippen LogP contribution in [0.25, 0.3) is 0 Å². The highest BCUT2D eigenvalue weighted by Gasteiger charge is 2.35. The van der Waals surface area contributed by atoms with Crippen molar-refractivity contribution in [3.05, 3.63) is 63.9 Å². The second-order valence-electron chi connectivity index (χ2n) is 7.40.